The van der Waals surface area contributed by atoms with Gasteiger partial charge in [-0.05, 0) is 37.5 Å². The van der Waals surface area contributed by atoms with Crippen molar-refractivity contribution in [2.24, 2.45) is 11.8 Å². The van der Waals surface area contributed by atoms with Gasteiger partial charge in [-0.15, -0.1) is 0 Å². The highest BCUT2D eigenvalue weighted by Gasteiger charge is 2.39. The van der Waals surface area contributed by atoms with E-state index in [1.807, 2.05) is 0 Å². The molecule has 0 aromatic carbocycles. The molecular weight excluding hydrogens is 160 g/mol. The highest BCUT2D eigenvalue weighted by Crippen LogP contribution is 2.42. The molecular formula is C12H20O. The zero-order chi connectivity index (χ0) is 9.31. The van der Waals surface area contributed by atoms with E-state index in [4.69, 9.17) is 0 Å². The van der Waals surface area contributed by atoms with Crippen LogP contribution < -0.4 is 0 Å². The molecule has 0 aromatic heterocycles. The average Bonchev–Trinajstić information content (AvgIpc) is 2.21. The SMILES string of the molecule is C[C@@H]1C=CC[C@@H]2CCCC[C@]2(O)C1. The predicted molar refractivity (Wildman–Crippen MR) is 54.4 cm³/mol. The molecule has 2 aliphatic rings. The molecule has 1 nitrogen and oxygen atoms in total. The summed E-state index contributed by atoms with van der Waals surface area (Å²) in [6, 6.07) is 0. The lowest BCUT2D eigenvalue weighted by atomic mass is 9.71. The summed E-state index contributed by atoms with van der Waals surface area (Å²) in [6.45, 7) is 2.21. The number of hydrogen-bond donors (Lipinski definition) is 1. The quantitative estimate of drug-likeness (QED) is 0.568. The van der Waals surface area contributed by atoms with E-state index in [0.29, 0.717) is 11.8 Å². The molecule has 0 saturated heterocycles. The Morgan fingerprint density at radius 1 is 1.38 bits per heavy atom. The van der Waals surface area contributed by atoms with E-state index in [2.05, 4.69) is 19.1 Å². The maximum Gasteiger partial charge on any atom is 0.0684 e. The van der Waals surface area contributed by atoms with Crippen molar-refractivity contribution in [3.8, 4) is 0 Å². The van der Waals surface area contributed by atoms with Crippen LogP contribution in [0.5, 0.6) is 0 Å². The Balaban J connectivity index is 2.15. The van der Waals surface area contributed by atoms with E-state index in [-0.39, 0.29) is 5.60 Å². The van der Waals surface area contributed by atoms with Gasteiger partial charge in [0.05, 0.1) is 5.60 Å². The van der Waals surface area contributed by atoms with Gasteiger partial charge < -0.3 is 5.11 Å². The van der Waals surface area contributed by atoms with Crippen LogP contribution in [-0.2, 0) is 0 Å². The largest absolute Gasteiger partial charge is 0.390 e. The van der Waals surface area contributed by atoms with E-state index in [9.17, 15) is 5.11 Å². The highest BCUT2D eigenvalue weighted by molar-refractivity contribution is 5.02. The summed E-state index contributed by atoms with van der Waals surface area (Å²) in [7, 11) is 0. The van der Waals surface area contributed by atoms with Crippen molar-refractivity contribution in [3.63, 3.8) is 0 Å². The Morgan fingerprint density at radius 2 is 2.23 bits per heavy atom. The number of allylic oxidation sites excluding steroid dienone is 2. The standard InChI is InChI=1S/C12H20O/c1-10-5-4-7-11-6-2-3-8-12(11,13)9-10/h4-5,10-11,13H,2-3,6-9H2,1H3/t10-,11+,12+/m1/s1. The molecule has 1 saturated carbocycles. The molecule has 0 aliphatic heterocycles. The summed E-state index contributed by atoms with van der Waals surface area (Å²) < 4.78 is 0. The summed E-state index contributed by atoms with van der Waals surface area (Å²) in [5.74, 6) is 1.11. The van der Waals surface area contributed by atoms with Gasteiger partial charge in [-0.3, -0.25) is 0 Å². The summed E-state index contributed by atoms with van der Waals surface area (Å²) in [5, 5.41) is 10.5. The van der Waals surface area contributed by atoms with Crippen LogP contribution in [0.4, 0.5) is 0 Å². The van der Waals surface area contributed by atoms with Crippen LogP contribution in [0.25, 0.3) is 0 Å². The number of aliphatic hydroxyl groups is 1. The fraction of sp³-hybridized carbons (Fsp3) is 0.833. The van der Waals surface area contributed by atoms with Crippen molar-refractivity contribution in [2.45, 2.75) is 51.0 Å². The van der Waals surface area contributed by atoms with Crippen LogP contribution >= 0.6 is 0 Å². The lowest BCUT2D eigenvalue weighted by molar-refractivity contribution is -0.0577. The first-order valence-electron chi connectivity index (χ1n) is 5.60. The molecule has 2 rings (SSSR count). The van der Waals surface area contributed by atoms with Gasteiger partial charge >= 0.3 is 0 Å². The van der Waals surface area contributed by atoms with Gasteiger partial charge in [-0.1, -0.05) is 31.9 Å². The highest BCUT2D eigenvalue weighted by atomic mass is 16.3. The maximum atomic E-state index is 10.5. The third-order valence-electron chi connectivity index (χ3n) is 3.73. The van der Waals surface area contributed by atoms with Crippen LogP contribution in [0.15, 0.2) is 12.2 Å². The number of fused-ring (bicyclic) bond motifs is 1. The number of hydrogen-bond acceptors (Lipinski definition) is 1. The Hall–Kier alpha value is -0.300. The molecule has 2 aliphatic carbocycles. The van der Waals surface area contributed by atoms with Crippen LogP contribution in [-0.4, -0.2) is 10.7 Å². The molecule has 0 amide bonds. The van der Waals surface area contributed by atoms with Gasteiger partial charge in [0.15, 0.2) is 0 Å². The summed E-state index contributed by atoms with van der Waals surface area (Å²) in [5.41, 5.74) is -0.332. The molecule has 13 heavy (non-hydrogen) atoms. The topological polar surface area (TPSA) is 20.2 Å². The molecule has 1 heteroatoms. The van der Waals surface area contributed by atoms with Gasteiger partial charge in [0.1, 0.15) is 0 Å². The van der Waals surface area contributed by atoms with Crippen molar-refractivity contribution in [1.29, 1.82) is 0 Å². The molecule has 0 heterocycles. The van der Waals surface area contributed by atoms with E-state index in [1.54, 1.807) is 0 Å². The van der Waals surface area contributed by atoms with Crippen molar-refractivity contribution < 1.29 is 5.11 Å². The Morgan fingerprint density at radius 3 is 3.08 bits per heavy atom. The first-order chi connectivity index (χ1) is 6.21. The first kappa shape index (κ1) is 9.26. The maximum absolute atomic E-state index is 10.5. The van der Waals surface area contributed by atoms with Crippen LogP contribution in [0.3, 0.4) is 0 Å². The molecule has 3 atom stereocenters. The molecule has 0 spiro atoms. The van der Waals surface area contributed by atoms with E-state index < -0.39 is 0 Å². The Labute approximate surface area is 80.8 Å². The van der Waals surface area contributed by atoms with E-state index in [1.165, 1.54) is 19.3 Å². The summed E-state index contributed by atoms with van der Waals surface area (Å²) in [6.07, 6.45) is 11.4. The van der Waals surface area contributed by atoms with Crippen LogP contribution in [0, 0.1) is 11.8 Å². The van der Waals surface area contributed by atoms with Gasteiger partial charge in [-0.25, -0.2) is 0 Å². The average molecular weight is 180 g/mol. The molecule has 74 valence electrons. The third-order valence-corrected chi connectivity index (χ3v) is 3.73. The van der Waals surface area contributed by atoms with E-state index in [0.717, 1.165) is 19.3 Å². The Kier molecular flexibility index (Phi) is 2.46. The molecule has 0 radical (unpaired) electrons. The van der Waals surface area contributed by atoms with Crippen LogP contribution in [0.2, 0.25) is 0 Å². The predicted octanol–water partition coefficient (Wildman–Crippen LogP) is 2.89. The fourth-order valence-electron chi connectivity index (χ4n) is 3.00. The lowest BCUT2D eigenvalue weighted by Crippen LogP contribution is -2.40. The smallest absolute Gasteiger partial charge is 0.0684 e. The monoisotopic (exact) mass is 180 g/mol. The second-order valence-corrected chi connectivity index (χ2v) is 4.89. The summed E-state index contributed by atoms with van der Waals surface area (Å²) >= 11 is 0. The van der Waals surface area contributed by atoms with Crippen molar-refractivity contribution in [1.82, 2.24) is 0 Å². The normalized spacial score (nSPS) is 45.4. The molecule has 0 aromatic rings. The van der Waals surface area contributed by atoms with Crippen molar-refractivity contribution >= 4 is 0 Å². The fourth-order valence-corrected chi connectivity index (χ4v) is 3.00. The van der Waals surface area contributed by atoms with E-state index >= 15 is 0 Å². The lowest BCUT2D eigenvalue weighted by Gasteiger charge is -2.39. The minimum absolute atomic E-state index is 0.332. The summed E-state index contributed by atoms with van der Waals surface area (Å²) in [4.78, 5) is 0. The minimum Gasteiger partial charge on any atom is -0.390 e. The Bertz CT molecular complexity index is 209. The first-order valence-corrected chi connectivity index (χ1v) is 5.60. The second kappa shape index (κ2) is 3.45. The molecule has 0 bridgehead atoms. The number of rotatable bonds is 0. The molecule has 0 unspecified atom stereocenters. The van der Waals surface area contributed by atoms with Crippen molar-refractivity contribution in [3.05, 3.63) is 12.2 Å². The van der Waals surface area contributed by atoms with Gasteiger partial charge in [0.25, 0.3) is 0 Å². The van der Waals surface area contributed by atoms with Crippen LogP contribution in [0.1, 0.15) is 45.4 Å². The third kappa shape index (κ3) is 1.80. The molecule has 1 N–H and O–H groups in total. The minimum atomic E-state index is -0.332. The van der Waals surface area contributed by atoms with Gasteiger partial charge in [0, 0.05) is 0 Å². The van der Waals surface area contributed by atoms with Gasteiger partial charge in [-0.2, -0.15) is 0 Å². The van der Waals surface area contributed by atoms with Crippen molar-refractivity contribution in [2.75, 3.05) is 0 Å². The van der Waals surface area contributed by atoms with Gasteiger partial charge in [0.2, 0.25) is 0 Å². The second-order valence-electron chi connectivity index (χ2n) is 4.89. The zero-order valence-corrected chi connectivity index (χ0v) is 8.50. The molecule has 1 fully saturated rings. The zero-order valence-electron chi connectivity index (χ0n) is 8.50.